The van der Waals surface area contributed by atoms with E-state index in [1.165, 1.54) is 16.9 Å². The van der Waals surface area contributed by atoms with Crippen LogP contribution in [0.2, 0.25) is 0 Å². The predicted octanol–water partition coefficient (Wildman–Crippen LogP) is 3.96. The smallest absolute Gasteiger partial charge is 0.232 e. The predicted molar refractivity (Wildman–Crippen MR) is 118 cm³/mol. The molecule has 1 aliphatic carbocycles. The Kier molecular flexibility index (Phi) is 5.09. The second-order valence-corrected chi connectivity index (χ2v) is 9.56. The molecule has 1 atom stereocenters. The van der Waals surface area contributed by atoms with Crippen LogP contribution in [-0.2, 0) is 16.1 Å². The molecule has 1 N–H and O–H groups in total. The molecule has 1 saturated heterocycles. The van der Waals surface area contributed by atoms with Crippen LogP contribution in [0.25, 0.3) is 10.7 Å². The van der Waals surface area contributed by atoms with Crippen LogP contribution in [0, 0.1) is 19.8 Å². The van der Waals surface area contributed by atoms with Gasteiger partial charge in [-0.2, -0.15) is 4.98 Å². The SMILES string of the molecule is Cc1ccc(N2CC(c3nc(-c4ccc(CNC(=O)C5CC5)s4)no3)CC2=O)cc1C. The number of hydrogen-bond acceptors (Lipinski definition) is 6. The van der Waals surface area contributed by atoms with Crippen molar-refractivity contribution in [3.05, 3.63) is 52.2 Å². The number of aryl methyl sites for hydroxylation is 2. The molecule has 2 fully saturated rings. The van der Waals surface area contributed by atoms with Gasteiger partial charge in [-0.3, -0.25) is 9.59 Å². The zero-order chi connectivity index (χ0) is 21.5. The van der Waals surface area contributed by atoms with Crippen LogP contribution in [0.4, 0.5) is 5.69 Å². The average Bonchev–Trinajstić information content (AvgIpc) is 3.13. The second-order valence-electron chi connectivity index (χ2n) is 8.39. The summed E-state index contributed by atoms with van der Waals surface area (Å²) in [6.45, 7) is 5.16. The highest BCUT2D eigenvalue weighted by Gasteiger charge is 2.35. The maximum absolute atomic E-state index is 12.6. The van der Waals surface area contributed by atoms with Gasteiger partial charge in [-0.25, -0.2) is 0 Å². The van der Waals surface area contributed by atoms with Crippen LogP contribution >= 0.6 is 11.3 Å². The number of thiophene rings is 1. The van der Waals surface area contributed by atoms with Crippen LogP contribution in [0.3, 0.4) is 0 Å². The number of nitrogens with zero attached hydrogens (tertiary/aromatic N) is 3. The summed E-state index contributed by atoms with van der Waals surface area (Å²) in [6.07, 6.45) is 2.35. The minimum absolute atomic E-state index is 0.0674. The molecule has 0 spiro atoms. The van der Waals surface area contributed by atoms with Gasteiger partial charge in [0, 0.05) is 29.4 Å². The summed E-state index contributed by atoms with van der Waals surface area (Å²) in [5.74, 6) is 1.31. The van der Waals surface area contributed by atoms with Gasteiger partial charge in [-0.05, 0) is 62.1 Å². The molecule has 2 amide bonds. The van der Waals surface area contributed by atoms with E-state index in [1.807, 2.05) is 37.3 Å². The van der Waals surface area contributed by atoms with Crippen molar-refractivity contribution < 1.29 is 14.1 Å². The van der Waals surface area contributed by atoms with E-state index in [2.05, 4.69) is 22.4 Å². The number of benzene rings is 1. The van der Waals surface area contributed by atoms with Crippen LogP contribution in [-0.4, -0.2) is 28.5 Å². The highest BCUT2D eigenvalue weighted by Crippen LogP contribution is 2.34. The van der Waals surface area contributed by atoms with Crippen molar-refractivity contribution >= 4 is 28.8 Å². The first-order valence-electron chi connectivity index (χ1n) is 10.6. The van der Waals surface area contributed by atoms with Gasteiger partial charge >= 0.3 is 0 Å². The number of aromatic nitrogens is 2. The first kappa shape index (κ1) is 19.9. The summed E-state index contributed by atoms with van der Waals surface area (Å²) >= 11 is 1.54. The molecule has 1 aliphatic heterocycles. The molecule has 31 heavy (non-hydrogen) atoms. The molecular formula is C23H24N4O3S. The summed E-state index contributed by atoms with van der Waals surface area (Å²) < 4.78 is 5.52. The quantitative estimate of drug-likeness (QED) is 0.632. The summed E-state index contributed by atoms with van der Waals surface area (Å²) in [5, 5.41) is 7.11. The number of nitrogens with one attached hydrogen (secondary N) is 1. The minimum atomic E-state index is -0.118. The van der Waals surface area contributed by atoms with E-state index in [1.54, 1.807) is 4.90 Å². The average molecular weight is 437 g/mol. The van der Waals surface area contributed by atoms with E-state index < -0.39 is 0 Å². The molecule has 1 aromatic carbocycles. The highest BCUT2D eigenvalue weighted by molar-refractivity contribution is 7.15. The van der Waals surface area contributed by atoms with E-state index in [0.29, 0.717) is 31.2 Å². The van der Waals surface area contributed by atoms with Crippen molar-refractivity contribution in [2.24, 2.45) is 5.92 Å². The van der Waals surface area contributed by atoms with E-state index in [9.17, 15) is 9.59 Å². The first-order chi connectivity index (χ1) is 15.0. The first-order valence-corrected chi connectivity index (χ1v) is 11.4. The van der Waals surface area contributed by atoms with E-state index in [0.717, 1.165) is 33.8 Å². The molecule has 3 heterocycles. The van der Waals surface area contributed by atoms with Crippen molar-refractivity contribution in [1.29, 1.82) is 0 Å². The summed E-state index contributed by atoms with van der Waals surface area (Å²) in [6, 6.07) is 9.99. The number of amides is 2. The van der Waals surface area contributed by atoms with Gasteiger partial charge in [0.05, 0.1) is 17.3 Å². The van der Waals surface area contributed by atoms with Crippen molar-refractivity contribution in [1.82, 2.24) is 15.5 Å². The molecule has 160 valence electrons. The fraction of sp³-hybridized carbons (Fsp3) is 0.391. The number of anilines is 1. The molecule has 7 nitrogen and oxygen atoms in total. The van der Waals surface area contributed by atoms with Gasteiger partial charge in [0.15, 0.2) is 0 Å². The van der Waals surface area contributed by atoms with Crippen LogP contribution < -0.4 is 10.2 Å². The lowest BCUT2D eigenvalue weighted by Gasteiger charge is -2.17. The summed E-state index contributed by atoms with van der Waals surface area (Å²) in [7, 11) is 0. The maximum Gasteiger partial charge on any atom is 0.232 e. The minimum Gasteiger partial charge on any atom is -0.351 e. The van der Waals surface area contributed by atoms with Crippen molar-refractivity contribution in [2.45, 2.75) is 45.6 Å². The van der Waals surface area contributed by atoms with Gasteiger partial charge in [0.25, 0.3) is 0 Å². The van der Waals surface area contributed by atoms with Crippen molar-refractivity contribution in [3.63, 3.8) is 0 Å². The Morgan fingerprint density at radius 2 is 2.06 bits per heavy atom. The molecule has 3 aromatic rings. The molecule has 1 saturated carbocycles. The number of carbonyl (C=O) groups is 2. The van der Waals surface area contributed by atoms with Crippen LogP contribution in [0.5, 0.6) is 0 Å². The van der Waals surface area contributed by atoms with Gasteiger partial charge in [0.1, 0.15) is 0 Å². The van der Waals surface area contributed by atoms with E-state index in [-0.39, 0.29) is 23.7 Å². The molecule has 0 radical (unpaired) electrons. The Morgan fingerprint density at radius 3 is 2.84 bits per heavy atom. The molecule has 0 bridgehead atoms. The third-order valence-electron chi connectivity index (χ3n) is 5.99. The maximum atomic E-state index is 12.6. The van der Waals surface area contributed by atoms with Crippen molar-refractivity contribution in [3.8, 4) is 10.7 Å². The monoisotopic (exact) mass is 436 g/mol. The summed E-state index contributed by atoms with van der Waals surface area (Å²) in [5.41, 5.74) is 3.28. The van der Waals surface area contributed by atoms with Crippen LogP contribution in [0.15, 0.2) is 34.9 Å². The molecular weight excluding hydrogens is 412 g/mol. The molecule has 2 aliphatic rings. The zero-order valence-electron chi connectivity index (χ0n) is 17.6. The van der Waals surface area contributed by atoms with Gasteiger partial charge in [0.2, 0.25) is 23.5 Å². The molecule has 1 unspecified atom stereocenters. The highest BCUT2D eigenvalue weighted by atomic mass is 32.1. The topological polar surface area (TPSA) is 88.3 Å². The Hall–Kier alpha value is -3.00. The number of rotatable bonds is 6. The summed E-state index contributed by atoms with van der Waals surface area (Å²) in [4.78, 5) is 32.7. The Bertz CT molecular complexity index is 1150. The standard InChI is InChI=1S/C23H24N4O3S/c1-13-3-6-17(9-14(13)2)27-12-16(10-20(27)28)23-25-21(26-30-23)19-8-7-18(31-19)11-24-22(29)15-4-5-15/h3,6-9,15-16H,4-5,10-12H2,1-2H3,(H,24,29). The lowest BCUT2D eigenvalue weighted by molar-refractivity contribution is -0.122. The Labute approximate surface area is 184 Å². The number of carbonyl (C=O) groups excluding carboxylic acids is 2. The normalized spacial score (nSPS) is 18.6. The van der Waals surface area contributed by atoms with Gasteiger partial charge in [-0.15, -0.1) is 11.3 Å². The third-order valence-corrected chi connectivity index (χ3v) is 7.07. The lowest BCUT2D eigenvalue weighted by atomic mass is 10.1. The zero-order valence-corrected chi connectivity index (χ0v) is 18.4. The van der Waals surface area contributed by atoms with Crippen LogP contribution in [0.1, 0.15) is 47.1 Å². The third kappa shape index (κ3) is 4.12. The Balaban J connectivity index is 1.26. The molecule has 8 heteroatoms. The number of hydrogen-bond donors (Lipinski definition) is 1. The fourth-order valence-electron chi connectivity index (χ4n) is 3.77. The second kappa shape index (κ2) is 7.92. The lowest BCUT2D eigenvalue weighted by Crippen LogP contribution is -2.24. The van der Waals surface area contributed by atoms with Crippen molar-refractivity contribution in [2.75, 3.05) is 11.4 Å². The Morgan fingerprint density at radius 1 is 1.23 bits per heavy atom. The molecule has 5 rings (SSSR count). The largest absolute Gasteiger partial charge is 0.351 e. The van der Waals surface area contributed by atoms with E-state index in [4.69, 9.17) is 4.52 Å². The van der Waals surface area contributed by atoms with Gasteiger partial charge in [-0.1, -0.05) is 11.2 Å². The van der Waals surface area contributed by atoms with Gasteiger partial charge < -0.3 is 14.7 Å². The molecule has 2 aromatic heterocycles. The fourth-order valence-corrected chi connectivity index (χ4v) is 4.65. The van der Waals surface area contributed by atoms with E-state index >= 15 is 0 Å².